The van der Waals surface area contributed by atoms with Gasteiger partial charge in [-0.15, -0.1) is 51.4 Å². The van der Waals surface area contributed by atoms with E-state index >= 15 is 0 Å². The molecule has 2 aromatic heterocycles. The molecule has 0 saturated heterocycles. The van der Waals surface area contributed by atoms with Crippen LogP contribution in [0.1, 0.15) is 15.2 Å². The zero-order valence-electron chi connectivity index (χ0n) is 16.6. The summed E-state index contributed by atoms with van der Waals surface area (Å²) in [5.41, 5.74) is 3.35. The lowest BCUT2D eigenvalue weighted by Crippen LogP contribution is -1.95. The van der Waals surface area contributed by atoms with Crippen molar-refractivity contribution in [1.82, 2.24) is 4.98 Å². The lowest BCUT2D eigenvalue weighted by molar-refractivity contribution is 0.0701. The van der Waals surface area contributed by atoms with E-state index in [0.717, 1.165) is 43.3 Å². The summed E-state index contributed by atoms with van der Waals surface area (Å²) in [5, 5.41) is 15.4. The number of para-hydroxylation sites is 1. The van der Waals surface area contributed by atoms with E-state index in [1.165, 1.54) is 22.7 Å². The fourth-order valence-corrected chi connectivity index (χ4v) is 5.59. The molecule has 5 nitrogen and oxygen atoms in total. The van der Waals surface area contributed by atoms with E-state index < -0.39 is 5.97 Å². The first kappa shape index (κ1) is 23.3. The average Bonchev–Trinajstić information content (AvgIpc) is 3.33. The number of aromatic carboxylic acids is 1. The Bertz CT molecular complexity index is 1170. The van der Waals surface area contributed by atoms with E-state index in [2.05, 4.69) is 10.3 Å². The van der Waals surface area contributed by atoms with E-state index in [4.69, 9.17) is 4.74 Å². The number of nitrogens with one attached hydrogen (secondary N) is 1. The van der Waals surface area contributed by atoms with E-state index in [1.807, 2.05) is 73.2 Å². The summed E-state index contributed by atoms with van der Waals surface area (Å²) in [6.45, 7) is 1.84. The molecule has 0 fully saturated rings. The second kappa shape index (κ2) is 10.3. The smallest absolute Gasteiger partial charge is 0.346 e. The SMILES string of the molecule is Br.CSc1sc(C(=O)O)c(C)c1-c1csc(Nc2ccc(Oc3ccccc3)cc2)n1. The maximum absolute atomic E-state index is 11.5. The van der Waals surface area contributed by atoms with E-state index in [0.29, 0.717) is 4.88 Å². The second-order valence-electron chi connectivity index (χ2n) is 6.33. The van der Waals surface area contributed by atoms with Crippen molar-refractivity contribution in [3.63, 3.8) is 0 Å². The maximum atomic E-state index is 11.5. The van der Waals surface area contributed by atoms with Crippen molar-refractivity contribution in [2.24, 2.45) is 0 Å². The molecule has 4 aromatic rings. The van der Waals surface area contributed by atoms with Crippen LogP contribution in [0, 0.1) is 6.92 Å². The zero-order chi connectivity index (χ0) is 21.1. The van der Waals surface area contributed by atoms with Crippen molar-refractivity contribution < 1.29 is 14.6 Å². The molecule has 0 aliphatic rings. The Labute approximate surface area is 202 Å². The number of thiazole rings is 1. The van der Waals surface area contributed by atoms with Crippen LogP contribution in [0.25, 0.3) is 11.3 Å². The summed E-state index contributed by atoms with van der Waals surface area (Å²) in [7, 11) is 0. The number of hydrogen-bond donors (Lipinski definition) is 2. The fraction of sp³-hybridized carbons (Fsp3) is 0.0909. The van der Waals surface area contributed by atoms with Crippen molar-refractivity contribution in [3.8, 4) is 22.8 Å². The number of hydrogen-bond acceptors (Lipinski definition) is 7. The third-order valence-electron chi connectivity index (χ3n) is 4.34. The van der Waals surface area contributed by atoms with Gasteiger partial charge in [0, 0.05) is 16.6 Å². The van der Waals surface area contributed by atoms with Crippen molar-refractivity contribution >= 4 is 68.2 Å². The van der Waals surface area contributed by atoms with Crippen molar-refractivity contribution in [3.05, 3.63) is 70.4 Å². The van der Waals surface area contributed by atoms with Crippen LogP contribution in [0.4, 0.5) is 10.8 Å². The lowest BCUT2D eigenvalue weighted by Gasteiger charge is -2.07. The molecule has 0 amide bonds. The van der Waals surface area contributed by atoms with Gasteiger partial charge in [0.2, 0.25) is 0 Å². The Hall–Kier alpha value is -2.33. The Morgan fingerprint density at radius 3 is 2.42 bits per heavy atom. The van der Waals surface area contributed by atoms with Gasteiger partial charge in [-0.25, -0.2) is 9.78 Å². The summed E-state index contributed by atoms with van der Waals surface area (Å²) >= 11 is 4.33. The monoisotopic (exact) mass is 534 g/mol. The number of thioether (sulfide) groups is 1. The number of aromatic nitrogens is 1. The minimum Gasteiger partial charge on any atom is -0.477 e. The van der Waals surface area contributed by atoms with Crippen molar-refractivity contribution in [2.45, 2.75) is 11.1 Å². The van der Waals surface area contributed by atoms with Gasteiger partial charge in [-0.3, -0.25) is 0 Å². The molecule has 2 heterocycles. The molecular weight excluding hydrogens is 516 g/mol. The second-order valence-corrected chi connectivity index (χ2v) is 9.28. The number of carbonyl (C=O) groups is 1. The molecule has 9 heteroatoms. The highest BCUT2D eigenvalue weighted by molar-refractivity contribution is 8.93. The molecular formula is C22H19BrN2O3S3. The number of carboxylic acid groups (broad SMARTS) is 1. The number of benzene rings is 2. The summed E-state index contributed by atoms with van der Waals surface area (Å²) < 4.78 is 6.78. The standard InChI is InChI=1S/C22H18N2O3S3.BrH/c1-13-18(21(28-2)30-19(13)20(25)26)17-12-29-22(24-17)23-14-8-10-16(11-9-14)27-15-6-4-3-5-7-15;/h3-12H,1-2H3,(H,23,24)(H,25,26);1H. The molecule has 0 saturated carbocycles. The number of nitrogens with zero attached hydrogens (tertiary/aromatic N) is 1. The van der Waals surface area contributed by atoms with Gasteiger partial charge in [0.05, 0.1) is 9.90 Å². The first-order valence-corrected chi connectivity index (χ1v) is 11.9. The number of anilines is 2. The number of halogens is 1. The van der Waals surface area contributed by atoms with Gasteiger partial charge in [0.15, 0.2) is 5.13 Å². The molecule has 0 aliphatic heterocycles. The van der Waals surface area contributed by atoms with Crippen LogP contribution in [0.15, 0.2) is 64.2 Å². The minimum absolute atomic E-state index is 0. The fourth-order valence-electron chi connectivity index (χ4n) is 2.93. The van der Waals surface area contributed by atoms with Gasteiger partial charge in [-0.1, -0.05) is 18.2 Å². The van der Waals surface area contributed by atoms with Gasteiger partial charge in [0.1, 0.15) is 16.4 Å². The van der Waals surface area contributed by atoms with Crippen LogP contribution >= 0.6 is 51.4 Å². The quantitative estimate of drug-likeness (QED) is 0.236. The molecule has 0 spiro atoms. The van der Waals surface area contributed by atoms with Crippen LogP contribution in [-0.2, 0) is 0 Å². The highest BCUT2D eigenvalue weighted by Gasteiger charge is 2.22. The van der Waals surface area contributed by atoms with Crippen molar-refractivity contribution in [1.29, 1.82) is 0 Å². The topological polar surface area (TPSA) is 71.5 Å². The molecule has 4 rings (SSSR count). The number of carboxylic acids is 1. The third kappa shape index (κ3) is 5.30. The number of rotatable bonds is 7. The predicted octanol–water partition coefficient (Wildman–Crippen LogP) is 7.71. The third-order valence-corrected chi connectivity index (χ3v) is 7.50. The molecule has 31 heavy (non-hydrogen) atoms. The number of thiophene rings is 1. The maximum Gasteiger partial charge on any atom is 0.346 e. The van der Waals surface area contributed by atoms with Crippen LogP contribution in [-0.4, -0.2) is 22.3 Å². The molecule has 2 N–H and O–H groups in total. The van der Waals surface area contributed by atoms with Gasteiger partial charge >= 0.3 is 5.97 Å². The molecule has 0 atom stereocenters. The zero-order valence-corrected chi connectivity index (χ0v) is 20.8. The van der Waals surface area contributed by atoms with Crippen LogP contribution in [0.3, 0.4) is 0 Å². The van der Waals surface area contributed by atoms with E-state index in [-0.39, 0.29) is 17.0 Å². The molecule has 160 valence electrons. The largest absolute Gasteiger partial charge is 0.477 e. The van der Waals surface area contributed by atoms with Gasteiger partial charge < -0.3 is 15.2 Å². The van der Waals surface area contributed by atoms with Crippen molar-refractivity contribution in [2.75, 3.05) is 11.6 Å². The van der Waals surface area contributed by atoms with E-state index in [1.54, 1.807) is 11.8 Å². The molecule has 0 aliphatic carbocycles. The summed E-state index contributed by atoms with van der Waals surface area (Å²) in [6.07, 6.45) is 1.95. The van der Waals surface area contributed by atoms with Gasteiger partial charge in [-0.05, 0) is 55.1 Å². The first-order valence-electron chi connectivity index (χ1n) is 9.01. The molecule has 0 radical (unpaired) electrons. The lowest BCUT2D eigenvalue weighted by atomic mass is 10.1. The normalized spacial score (nSPS) is 10.4. The Kier molecular flexibility index (Phi) is 7.77. The Morgan fingerprint density at radius 2 is 1.77 bits per heavy atom. The molecule has 0 unspecified atom stereocenters. The Balaban J connectivity index is 0.00000272. The van der Waals surface area contributed by atoms with E-state index in [9.17, 15) is 9.90 Å². The number of ether oxygens (including phenoxy) is 1. The van der Waals surface area contributed by atoms with Crippen LogP contribution < -0.4 is 10.1 Å². The summed E-state index contributed by atoms with van der Waals surface area (Å²) in [4.78, 5) is 16.5. The predicted molar refractivity (Wildman–Crippen MR) is 135 cm³/mol. The summed E-state index contributed by atoms with van der Waals surface area (Å²) in [5.74, 6) is 0.649. The summed E-state index contributed by atoms with van der Waals surface area (Å²) in [6, 6.07) is 17.3. The van der Waals surface area contributed by atoms with Crippen LogP contribution in [0.2, 0.25) is 0 Å². The Morgan fingerprint density at radius 1 is 1.10 bits per heavy atom. The molecule has 0 bridgehead atoms. The highest BCUT2D eigenvalue weighted by atomic mass is 79.9. The van der Waals surface area contributed by atoms with Crippen LogP contribution in [0.5, 0.6) is 11.5 Å². The highest BCUT2D eigenvalue weighted by Crippen LogP contribution is 2.42. The minimum atomic E-state index is -0.898. The first-order chi connectivity index (χ1) is 14.5. The molecule has 2 aromatic carbocycles. The average molecular weight is 536 g/mol. The van der Waals surface area contributed by atoms with Gasteiger partial charge in [0.25, 0.3) is 0 Å². The van der Waals surface area contributed by atoms with Gasteiger partial charge in [-0.2, -0.15) is 0 Å².